The third-order valence-corrected chi connectivity index (χ3v) is 8.52. The Morgan fingerprint density at radius 3 is 2.80 bits per heavy atom. The lowest BCUT2D eigenvalue weighted by Crippen LogP contribution is -2.47. The second kappa shape index (κ2) is 9.54. The van der Waals surface area contributed by atoms with Gasteiger partial charge in [0.05, 0.1) is 34.6 Å². The summed E-state index contributed by atoms with van der Waals surface area (Å²) in [5, 5.41) is 23.3. The molecule has 3 aromatic heterocycles. The summed E-state index contributed by atoms with van der Waals surface area (Å²) < 4.78 is 4.08. The first-order valence-electron chi connectivity index (χ1n) is 13.7. The molecule has 202 valence electrons. The van der Waals surface area contributed by atoms with Gasteiger partial charge in [-0.1, -0.05) is 6.07 Å². The third-order valence-electron chi connectivity index (χ3n) is 8.52. The van der Waals surface area contributed by atoms with Gasteiger partial charge in [-0.25, -0.2) is 9.78 Å². The molecule has 7 rings (SSSR count). The number of nitrogens with zero attached hydrogens (tertiary/aromatic N) is 6. The number of hydrogen-bond donors (Lipinski definition) is 2. The van der Waals surface area contributed by atoms with Crippen molar-refractivity contribution in [3.8, 4) is 6.07 Å². The van der Waals surface area contributed by atoms with E-state index >= 15 is 0 Å². The van der Waals surface area contributed by atoms with E-state index in [9.17, 15) is 20.0 Å². The van der Waals surface area contributed by atoms with Crippen molar-refractivity contribution in [2.45, 2.75) is 25.9 Å². The number of aliphatic hydroxyl groups is 1. The van der Waals surface area contributed by atoms with Crippen LogP contribution in [0.4, 0.5) is 4.79 Å². The number of fused-ring (bicyclic) bond motifs is 1. The molecule has 1 fully saturated rings. The smallest absolute Gasteiger partial charge is 0.320 e. The Morgan fingerprint density at radius 2 is 2.00 bits per heavy atom. The lowest BCUT2D eigenvalue weighted by Gasteiger charge is -2.35. The molecule has 4 aromatic rings. The number of pyridine rings is 1. The highest BCUT2D eigenvalue weighted by Gasteiger charge is 2.32. The highest BCUT2D eigenvalue weighted by Crippen LogP contribution is 2.38. The molecule has 0 radical (unpaired) electrons. The zero-order chi connectivity index (χ0) is 27.4. The van der Waals surface area contributed by atoms with E-state index < -0.39 is 0 Å². The Balaban J connectivity index is 1.31. The molecule has 2 N–H and O–H groups in total. The van der Waals surface area contributed by atoms with Crippen LogP contribution in [0.2, 0.25) is 0 Å². The van der Waals surface area contributed by atoms with Gasteiger partial charge in [0.15, 0.2) is 0 Å². The van der Waals surface area contributed by atoms with Gasteiger partial charge in [0.1, 0.15) is 5.65 Å². The summed E-state index contributed by atoms with van der Waals surface area (Å²) >= 11 is 0. The number of likely N-dealkylation sites (tertiary alicyclic amines) is 1. The maximum Gasteiger partial charge on any atom is 0.320 e. The van der Waals surface area contributed by atoms with Crippen LogP contribution in [-0.4, -0.2) is 73.6 Å². The van der Waals surface area contributed by atoms with E-state index in [-0.39, 0.29) is 24.5 Å². The fourth-order valence-electron chi connectivity index (χ4n) is 6.41. The summed E-state index contributed by atoms with van der Waals surface area (Å²) in [6.45, 7) is 3.39. The van der Waals surface area contributed by atoms with E-state index in [1.54, 1.807) is 6.20 Å². The number of rotatable bonds is 3. The molecule has 0 aliphatic carbocycles. The predicted octanol–water partition coefficient (Wildman–Crippen LogP) is 2.84. The summed E-state index contributed by atoms with van der Waals surface area (Å²) in [5.74, 6) is 0.114. The Hall–Kier alpha value is -4.62. The van der Waals surface area contributed by atoms with Gasteiger partial charge in [0.25, 0.3) is 5.91 Å². The lowest BCUT2D eigenvalue weighted by molar-refractivity contribution is -0.114. The van der Waals surface area contributed by atoms with Crippen molar-refractivity contribution in [3.63, 3.8) is 0 Å². The Kier molecular flexibility index (Phi) is 5.82. The molecule has 1 saturated heterocycles. The normalized spacial score (nSPS) is 17.9. The van der Waals surface area contributed by atoms with Crippen LogP contribution in [0.1, 0.15) is 35.2 Å². The van der Waals surface area contributed by atoms with Crippen molar-refractivity contribution in [2.24, 2.45) is 5.92 Å². The quantitative estimate of drug-likeness (QED) is 0.418. The molecule has 1 aromatic carbocycles. The zero-order valence-corrected chi connectivity index (χ0v) is 22.0. The first-order chi connectivity index (χ1) is 19.6. The van der Waals surface area contributed by atoms with E-state index in [1.165, 1.54) is 0 Å². The number of amides is 3. The summed E-state index contributed by atoms with van der Waals surface area (Å²) in [5.41, 5.74) is 6.31. The van der Waals surface area contributed by atoms with Crippen molar-refractivity contribution in [1.29, 1.82) is 5.26 Å². The number of nitrogens with one attached hydrogen (secondary N) is 1. The fourth-order valence-corrected chi connectivity index (χ4v) is 6.41. The number of benzene rings is 1. The van der Waals surface area contributed by atoms with Crippen LogP contribution in [0.5, 0.6) is 0 Å². The second-order valence-corrected chi connectivity index (χ2v) is 10.8. The number of carbonyl (C=O) groups is 2. The van der Waals surface area contributed by atoms with Gasteiger partial charge in [0, 0.05) is 69.2 Å². The number of aliphatic hydroxyl groups excluding tert-OH is 1. The molecule has 10 heteroatoms. The monoisotopic (exact) mass is 535 g/mol. The Bertz CT molecular complexity index is 1750. The van der Waals surface area contributed by atoms with Gasteiger partial charge < -0.3 is 24.8 Å². The topological polar surface area (TPSA) is 119 Å². The maximum absolute atomic E-state index is 13.5. The van der Waals surface area contributed by atoms with E-state index in [4.69, 9.17) is 0 Å². The first-order valence-corrected chi connectivity index (χ1v) is 13.7. The molecule has 40 heavy (non-hydrogen) atoms. The highest BCUT2D eigenvalue weighted by atomic mass is 16.3. The lowest BCUT2D eigenvalue weighted by atomic mass is 9.97. The molecule has 3 amide bonds. The molecule has 0 spiro atoms. The number of urea groups is 1. The van der Waals surface area contributed by atoms with Crippen LogP contribution < -0.4 is 5.32 Å². The van der Waals surface area contributed by atoms with Crippen LogP contribution >= 0.6 is 0 Å². The minimum atomic E-state index is -0.146. The minimum absolute atomic E-state index is 0.000993. The van der Waals surface area contributed by atoms with Gasteiger partial charge in [-0.15, -0.1) is 0 Å². The average Bonchev–Trinajstić information content (AvgIpc) is 3.65. The number of nitriles is 1. The van der Waals surface area contributed by atoms with Crippen molar-refractivity contribution < 1.29 is 14.7 Å². The van der Waals surface area contributed by atoms with Crippen LogP contribution in [-0.2, 0) is 17.9 Å². The van der Waals surface area contributed by atoms with Gasteiger partial charge >= 0.3 is 6.03 Å². The predicted molar refractivity (Wildman–Crippen MR) is 149 cm³/mol. The van der Waals surface area contributed by atoms with E-state index in [2.05, 4.69) is 27.1 Å². The highest BCUT2D eigenvalue weighted by molar-refractivity contribution is 6.31. The van der Waals surface area contributed by atoms with Gasteiger partial charge in [0.2, 0.25) is 0 Å². The molecule has 0 unspecified atom stereocenters. The van der Waals surface area contributed by atoms with Crippen molar-refractivity contribution >= 4 is 39.6 Å². The number of aromatic nitrogens is 3. The maximum atomic E-state index is 13.5. The van der Waals surface area contributed by atoms with Crippen LogP contribution in [0.3, 0.4) is 0 Å². The number of imidazole rings is 1. The fraction of sp³-hybridized carbons (Fsp3) is 0.333. The summed E-state index contributed by atoms with van der Waals surface area (Å²) in [4.78, 5) is 34.9. The minimum Gasteiger partial charge on any atom is -0.396 e. The van der Waals surface area contributed by atoms with Crippen molar-refractivity contribution in [1.82, 2.24) is 29.1 Å². The molecule has 0 saturated carbocycles. The number of carbonyl (C=O) groups excluding carboxylic acids is 2. The van der Waals surface area contributed by atoms with Gasteiger partial charge in [-0.05, 0) is 54.2 Å². The largest absolute Gasteiger partial charge is 0.396 e. The van der Waals surface area contributed by atoms with Crippen LogP contribution in [0, 0.1) is 17.2 Å². The van der Waals surface area contributed by atoms with Crippen LogP contribution in [0.25, 0.3) is 27.7 Å². The summed E-state index contributed by atoms with van der Waals surface area (Å²) in [6.07, 6.45) is 7.32. The second-order valence-electron chi connectivity index (χ2n) is 10.8. The van der Waals surface area contributed by atoms with Crippen molar-refractivity contribution in [3.05, 3.63) is 71.3 Å². The molecule has 3 aliphatic rings. The van der Waals surface area contributed by atoms with Crippen molar-refractivity contribution in [2.75, 3.05) is 32.8 Å². The van der Waals surface area contributed by atoms with Crippen LogP contribution in [0.15, 0.2) is 48.9 Å². The van der Waals surface area contributed by atoms with Gasteiger partial charge in [-0.3, -0.25) is 9.20 Å². The number of hydrogen-bond acceptors (Lipinski definition) is 5. The zero-order valence-electron chi connectivity index (χ0n) is 22.0. The van der Waals surface area contributed by atoms with E-state index in [0.717, 1.165) is 51.8 Å². The van der Waals surface area contributed by atoms with E-state index in [1.807, 2.05) is 50.7 Å². The Morgan fingerprint density at radius 1 is 1.15 bits per heavy atom. The first kappa shape index (κ1) is 24.4. The molecule has 3 aliphatic heterocycles. The molecular formula is C30H29N7O3. The van der Waals surface area contributed by atoms with E-state index in [0.29, 0.717) is 50.4 Å². The standard InChI is InChI=1S/C30H29N7O3/c31-13-20-11-21-16-36(30(40)34-7-4-19(18-38)5-8-34)10-9-35-17-24(22(12-20)28(21)35)23-14-33-29(39)27(23)25-15-32-26-3-1-2-6-37(25)26/h1-3,6,11-12,15,17,19,38H,4-5,7-10,14,16,18H2,(H,33,39). The summed E-state index contributed by atoms with van der Waals surface area (Å²) in [6, 6.07) is 11.8. The third kappa shape index (κ3) is 3.85. The summed E-state index contributed by atoms with van der Waals surface area (Å²) in [7, 11) is 0. The Labute approximate surface area is 230 Å². The molecule has 0 bridgehead atoms. The number of piperidine rings is 1. The van der Waals surface area contributed by atoms with Gasteiger partial charge in [-0.2, -0.15) is 5.26 Å². The molecule has 10 nitrogen and oxygen atoms in total. The molecule has 0 atom stereocenters. The SMILES string of the molecule is N#Cc1cc2c3c(c1)c(C1=C(c4cnc5ccccn45)C(=O)NC1)cn3CCN(C(=O)N1CCC(CO)CC1)C2. The molecule has 6 heterocycles. The molecular weight excluding hydrogens is 506 g/mol. The average molecular weight is 536 g/mol.